The van der Waals surface area contributed by atoms with Gasteiger partial charge in [0.25, 0.3) is 0 Å². The van der Waals surface area contributed by atoms with Crippen molar-refractivity contribution in [2.75, 3.05) is 13.7 Å². The summed E-state index contributed by atoms with van der Waals surface area (Å²) in [6.45, 7) is 7.88. The van der Waals surface area contributed by atoms with Crippen molar-refractivity contribution in [1.29, 1.82) is 0 Å². The Bertz CT molecular complexity index is 578. The van der Waals surface area contributed by atoms with Crippen molar-refractivity contribution < 1.29 is 14.6 Å². The molecule has 0 aromatic carbocycles. The minimum atomic E-state index is -0.0823. The normalized spacial score (nSPS) is 41.9. The monoisotopic (exact) mass is 390 g/mol. The molecule has 6 atom stereocenters. The number of carbonyl (C=O) groups excluding carboxylic acids is 1. The van der Waals surface area contributed by atoms with Crippen LogP contribution in [0.3, 0.4) is 0 Å². The van der Waals surface area contributed by atoms with E-state index in [0.717, 1.165) is 44.1 Å². The first kappa shape index (κ1) is 22.0. The maximum Gasteiger partial charge on any atom is 0.155 e. The van der Waals surface area contributed by atoms with Crippen molar-refractivity contribution in [3.8, 4) is 0 Å². The van der Waals surface area contributed by atoms with Crippen LogP contribution in [-0.4, -0.2) is 30.7 Å². The summed E-state index contributed by atoms with van der Waals surface area (Å²) in [6.07, 6.45) is 14.5. The molecular formula is C25H42O3. The second-order valence-electron chi connectivity index (χ2n) is 10.3. The van der Waals surface area contributed by atoms with E-state index in [0.29, 0.717) is 11.7 Å². The molecule has 0 radical (unpaired) electrons. The number of fused-ring (bicyclic) bond motifs is 5. The zero-order valence-corrected chi connectivity index (χ0v) is 18.6. The average Bonchev–Trinajstić information content (AvgIpc) is 2.98. The average molecular weight is 391 g/mol. The van der Waals surface area contributed by atoms with Gasteiger partial charge in [0, 0.05) is 20.1 Å². The molecule has 0 heterocycles. The van der Waals surface area contributed by atoms with E-state index < -0.39 is 0 Å². The predicted molar refractivity (Wildman–Crippen MR) is 114 cm³/mol. The maximum absolute atomic E-state index is 11.8. The van der Waals surface area contributed by atoms with Gasteiger partial charge >= 0.3 is 0 Å². The lowest BCUT2D eigenvalue weighted by Gasteiger charge is -2.57. The third-order valence-corrected chi connectivity index (χ3v) is 8.86. The van der Waals surface area contributed by atoms with Gasteiger partial charge in [0.15, 0.2) is 5.78 Å². The Labute approximate surface area is 172 Å². The van der Waals surface area contributed by atoms with Crippen molar-refractivity contribution in [2.24, 2.45) is 28.6 Å². The Morgan fingerprint density at radius 3 is 2.57 bits per heavy atom. The van der Waals surface area contributed by atoms with Crippen LogP contribution in [-0.2, 0) is 9.53 Å². The van der Waals surface area contributed by atoms with Crippen molar-refractivity contribution in [3.63, 3.8) is 0 Å². The molecule has 0 aromatic rings. The fraction of sp³-hybridized carbons (Fsp3) is 0.880. The molecule has 1 N–H and O–H groups in total. The van der Waals surface area contributed by atoms with Gasteiger partial charge in [0.2, 0.25) is 0 Å². The largest absolute Gasteiger partial charge is 0.393 e. The summed E-state index contributed by atoms with van der Waals surface area (Å²) in [7, 11) is 1.75. The molecule has 0 spiro atoms. The van der Waals surface area contributed by atoms with Gasteiger partial charge in [-0.05, 0) is 86.0 Å². The molecule has 0 amide bonds. The number of aliphatic hydroxyl groups is 1. The lowest BCUT2D eigenvalue weighted by atomic mass is 9.47. The Balaban J connectivity index is 0.000000279. The summed E-state index contributed by atoms with van der Waals surface area (Å²) in [5.41, 5.74) is 1.89. The molecule has 3 saturated carbocycles. The quantitative estimate of drug-likeness (QED) is 0.626. The van der Waals surface area contributed by atoms with E-state index in [4.69, 9.17) is 4.74 Å². The Hall–Kier alpha value is -0.670. The fourth-order valence-electron chi connectivity index (χ4n) is 7.03. The number of ether oxygens (including phenoxy) is 1. The van der Waals surface area contributed by atoms with E-state index in [2.05, 4.69) is 20.8 Å². The first-order valence-corrected chi connectivity index (χ1v) is 11.8. The molecule has 160 valence electrons. The number of hydrogen-bond donors (Lipinski definition) is 1. The second kappa shape index (κ2) is 9.00. The van der Waals surface area contributed by atoms with Gasteiger partial charge < -0.3 is 9.84 Å². The smallest absolute Gasteiger partial charge is 0.155 e. The molecule has 6 unspecified atom stereocenters. The third kappa shape index (κ3) is 3.99. The highest BCUT2D eigenvalue weighted by atomic mass is 16.5. The number of rotatable bonds is 4. The second-order valence-corrected chi connectivity index (χ2v) is 10.3. The van der Waals surface area contributed by atoms with Crippen LogP contribution in [0.5, 0.6) is 0 Å². The van der Waals surface area contributed by atoms with Gasteiger partial charge in [-0.3, -0.25) is 4.79 Å². The zero-order chi connectivity index (χ0) is 20.4. The highest BCUT2D eigenvalue weighted by Gasteiger charge is 2.58. The fourth-order valence-corrected chi connectivity index (χ4v) is 7.03. The number of methoxy groups -OCH3 is 1. The standard InChI is InChI=1S/C19H28O2.C6H14O/c1-18-9-7-13(20)11-12(18)3-4-14-15-5-6-17(21)19(15,2)10-8-16(14)18;1-3-4-5-6-7-2/h11,14-17,21H,3-10H2,1-2H3;3-6H2,1-2H3. The third-order valence-electron chi connectivity index (χ3n) is 8.86. The van der Waals surface area contributed by atoms with Crippen molar-refractivity contribution in [3.05, 3.63) is 11.6 Å². The number of ketones is 1. The van der Waals surface area contributed by atoms with Crippen LogP contribution in [0.2, 0.25) is 0 Å². The molecule has 0 aromatic heterocycles. The molecule has 0 bridgehead atoms. The van der Waals surface area contributed by atoms with E-state index in [1.807, 2.05) is 6.08 Å². The van der Waals surface area contributed by atoms with Gasteiger partial charge in [0.05, 0.1) is 6.10 Å². The molecule has 3 nitrogen and oxygen atoms in total. The minimum absolute atomic E-state index is 0.0823. The van der Waals surface area contributed by atoms with Gasteiger partial charge in [0.1, 0.15) is 0 Å². The van der Waals surface area contributed by atoms with E-state index in [1.165, 1.54) is 50.5 Å². The van der Waals surface area contributed by atoms with Gasteiger partial charge in [-0.25, -0.2) is 0 Å². The molecule has 4 rings (SSSR count). The van der Waals surface area contributed by atoms with Crippen LogP contribution in [0.4, 0.5) is 0 Å². The number of unbranched alkanes of at least 4 members (excludes halogenated alkanes) is 2. The SMILES string of the molecule is CC12CCC(=O)C=C1CCC1C2CCC2(C)C(O)CCC12.CCCCCOC. The predicted octanol–water partition coefficient (Wildman–Crippen LogP) is 5.70. The van der Waals surface area contributed by atoms with Crippen molar-refractivity contribution in [2.45, 2.75) is 97.5 Å². The molecule has 28 heavy (non-hydrogen) atoms. The maximum atomic E-state index is 11.8. The zero-order valence-electron chi connectivity index (χ0n) is 18.6. The molecule has 3 fully saturated rings. The van der Waals surface area contributed by atoms with E-state index in [-0.39, 0.29) is 16.9 Å². The highest BCUT2D eigenvalue weighted by Crippen LogP contribution is 2.65. The Morgan fingerprint density at radius 2 is 1.86 bits per heavy atom. The summed E-state index contributed by atoms with van der Waals surface area (Å²) in [4.78, 5) is 11.8. The molecule has 3 heteroatoms. The minimum Gasteiger partial charge on any atom is -0.393 e. The number of allylic oxidation sites excluding steroid dienone is 1. The molecule has 0 saturated heterocycles. The van der Waals surface area contributed by atoms with Crippen LogP contribution in [0.15, 0.2) is 11.6 Å². The summed E-state index contributed by atoms with van der Waals surface area (Å²) < 4.78 is 4.84. The summed E-state index contributed by atoms with van der Waals surface area (Å²) in [5.74, 6) is 2.57. The first-order valence-electron chi connectivity index (χ1n) is 11.8. The Kier molecular flexibility index (Phi) is 7.08. The molecule has 0 aliphatic heterocycles. The van der Waals surface area contributed by atoms with Gasteiger partial charge in [-0.1, -0.05) is 39.2 Å². The van der Waals surface area contributed by atoms with Crippen molar-refractivity contribution >= 4 is 5.78 Å². The molecule has 4 aliphatic carbocycles. The Morgan fingerprint density at radius 1 is 1.07 bits per heavy atom. The van der Waals surface area contributed by atoms with Crippen LogP contribution in [0.25, 0.3) is 0 Å². The van der Waals surface area contributed by atoms with Gasteiger partial charge in [-0.2, -0.15) is 0 Å². The van der Waals surface area contributed by atoms with Gasteiger partial charge in [-0.15, -0.1) is 0 Å². The number of carbonyl (C=O) groups is 1. The summed E-state index contributed by atoms with van der Waals surface area (Å²) >= 11 is 0. The van der Waals surface area contributed by atoms with Crippen molar-refractivity contribution in [1.82, 2.24) is 0 Å². The first-order chi connectivity index (χ1) is 13.4. The van der Waals surface area contributed by atoms with Crippen LogP contribution in [0.1, 0.15) is 91.4 Å². The number of hydrogen-bond acceptors (Lipinski definition) is 3. The number of aliphatic hydroxyl groups excluding tert-OH is 1. The molecular weight excluding hydrogens is 348 g/mol. The lowest BCUT2D eigenvalue weighted by Crippen LogP contribution is -2.51. The van der Waals surface area contributed by atoms with E-state index >= 15 is 0 Å². The van der Waals surface area contributed by atoms with Crippen LogP contribution >= 0.6 is 0 Å². The summed E-state index contributed by atoms with van der Waals surface area (Å²) in [6, 6.07) is 0. The topological polar surface area (TPSA) is 46.5 Å². The lowest BCUT2D eigenvalue weighted by molar-refractivity contribution is -0.118. The van der Waals surface area contributed by atoms with E-state index in [1.54, 1.807) is 7.11 Å². The van der Waals surface area contributed by atoms with Crippen LogP contribution in [0, 0.1) is 28.6 Å². The molecule has 4 aliphatic rings. The summed E-state index contributed by atoms with van der Waals surface area (Å²) in [5, 5.41) is 10.4. The van der Waals surface area contributed by atoms with E-state index in [9.17, 15) is 9.90 Å². The van der Waals surface area contributed by atoms with Crippen LogP contribution < -0.4 is 0 Å². The highest BCUT2D eigenvalue weighted by molar-refractivity contribution is 5.91.